The Morgan fingerprint density at radius 2 is 1.90 bits per heavy atom. The molecule has 0 spiro atoms. The molecule has 1 aliphatic rings. The van der Waals surface area contributed by atoms with Crippen LogP contribution in [0.5, 0.6) is 0 Å². The molecule has 4 rings (SSSR count). The molecule has 0 saturated carbocycles. The van der Waals surface area contributed by atoms with Crippen LogP contribution in [0.1, 0.15) is 11.4 Å². The number of fused-ring (bicyclic) bond motifs is 1. The largest absolute Gasteiger partial charge is 0.367 e. The Balaban J connectivity index is 1.71. The van der Waals surface area contributed by atoms with Crippen molar-refractivity contribution in [2.75, 3.05) is 38.1 Å². The molecule has 0 atom stereocenters. The van der Waals surface area contributed by atoms with Crippen LogP contribution in [0.4, 0.5) is 14.9 Å². The number of imidazole rings is 1. The van der Waals surface area contributed by atoms with Crippen molar-refractivity contribution in [1.29, 1.82) is 0 Å². The zero-order chi connectivity index (χ0) is 20.4. The monoisotopic (exact) mass is 391 g/mol. The molecule has 2 aromatic carbocycles. The number of halogens is 1. The molecule has 0 aliphatic carbocycles. The molecular weight excluding hydrogens is 369 g/mol. The van der Waals surface area contributed by atoms with Crippen LogP contribution in [-0.4, -0.2) is 53.7 Å². The molecule has 29 heavy (non-hydrogen) atoms. The van der Waals surface area contributed by atoms with E-state index in [1.807, 2.05) is 18.2 Å². The van der Waals surface area contributed by atoms with Crippen LogP contribution in [0.15, 0.2) is 42.5 Å². The Morgan fingerprint density at radius 1 is 1.14 bits per heavy atom. The number of anilines is 1. The van der Waals surface area contributed by atoms with Gasteiger partial charge in [0.1, 0.15) is 17.2 Å². The average molecular weight is 391 g/mol. The van der Waals surface area contributed by atoms with Gasteiger partial charge in [-0.15, -0.1) is 0 Å². The highest BCUT2D eigenvalue weighted by atomic mass is 19.1. The number of aromatic nitrogens is 2. The van der Waals surface area contributed by atoms with E-state index in [2.05, 4.69) is 28.7 Å². The van der Waals surface area contributed by atoms with Gasteiger partial charge in [0.2, 0.25) is 0 Å². The summed E-state index contributed by atoms with van der Waals surface area (Å²) in [5.74, 6) is 5.81. The van der Waals surface area contributed by atoms with Gasteiger partial charge in [-0.05, 0) is 31.3 Å². The zero-order valence-electron chi connectivity index (χ0n) is 16.2. The first kappa shape index (κ1) is 19.0. The number of nitrogens with two attached hydrogens (primary N) is 1. The number of primary amides is 1. The van der Waals surface area contributed by atoms with Crippen LogP contribution in [-0.2, 0) is 6.42 Å². The van der Waals surface area contributed by atoms with Gasteiger partial charge >= 0.3 is 6.03 Å². The quantitative estimate of drug-likeness (QED) is 0.682. The van der Waals surface area contributed by atoms with Gasteiger partial charge in [0.05, 0.1) is 23.2 Å². The van der Waals surface area contributed by atoms with Crippen LogP contribution in [0.3, 0.4) is 0 Å². The third kappa shape index (κ3) is 3.80. The molecular formula is C22H22FN5O. The fourth-order valence-electron chi connectivity index (χ4n) is 3.58. The standard InChI is InChI=1S/C22H22FN5O/c1-26-12-14-27(15-13-26)18-9-5-10-19-21(18)25-20(28(19)22(24)29)11-4-7-16-6-2-3-8-17(16)23/h2-3,5-6,8-10H,11-15H2,1H3,(H2,24,29). The number of hydrogen-bond donors (Lipinski definition) is 1. The molecule has 6 nitrogen and oxygen atoms in total. The van der Waals surface area contributed by atoms with E-state index in [4.69, 9.17) is 10.7 Å². The normalized spacial score (nSPS) is 14.6. The summed E-state index contributed by atoms with van der Waals surface area (Å²) in [4.78, 5) is 21.4. The number of piperazine rings is 1. The first-order valence-electron chi connectivity index (χ1n) is 9.51. The van der Waals surface area contributed by atoms with Crippen molar-refractivity contribution in [3.63, 3.8) is 0 Å². The highest BCUT2D eigenvalue weighted by Crippen LogP contribution is 2.28. The number of amides is 1. The molecule has 3 aromatic rings. The van der Waals surface area contributed by atoms with Gasteiger partial charge in [0.25, 0.3) is 0 Å². The SMILES string of the molecule is CN1CCN(c2cccc3c2nc(CC#Cc2ccccc2F)n3C(N)=O)CC1. The topological polar surface area (TPSA) is 67.4 Å². The van der Waals surface area contributed by atoms with Crippen molar-refractivity contribution >= 4 is 22.8 Å². The second-order valence-electron chi connectivity index (χ2n) is 7.10. The van der Waals surface area contributed by atoms with Crippen molar-refractivity contribution in [2.24, 2.45) is 5.73 Å². The van der Waals surface area contributed by atoms with Gasteiger partial charge in [-0.2, -0.15) is 0 Å². The van der Waals surface area contributed by atoms with Gasteiger partial charge in [-0.1, -0.05) is 30.0 Å². The minimum Gasteiger partial charge on any atom is -0.367 e. The van der Waals surface area contributed by atoms with Crippen molar-refractivity contribution < 1.29 is 9.18 Å². The molecule has 1 aliphatic heterocycles. The summed E-state index contributed by atoms with van der Waals surface area (Å²) in [7, 11) is 2.10. The highest BCUT2D eigenvalue weighted by Gasteiger charge is 2.21. The van der Waals surface area contributed by atoms with E-state index in [1.165, 1.54) is 10.6 Å². The van der Waals surface area contributed by atoms with Crippen LogP contribution in [0.2, 0.25) is 0 Å². The van der Waals surface area contributed by atoms with Crippen LogP contribution in [0, 0.1) is 17.7 Å². The van der Waals surface area contributed by atoms with E-state index in [9.17, 15) is 9.18 Å². The minimum absolute atomic E-state index is 0.189. The number of rotatable bonds is 2. The first-order chi connectivity index (χ1) is 14.0. The minimum atomic E-state index is -0.606. The lowest BCUT2D eigenvalue weighted by molar-refractivity contribution is 0.250. The van der Waals surface area contributed by atoms with E-state index in [1.54, 1.807) is 18.2 Å². The predicted molar refractivity (Wildman–Crippen MR) is 111 cm³/mol. The Kier molecular flexibility index (Phi) is 5.19. The summed E-state index contributed by atoms with van der Waals surface area (Å²) in [6.45, 7) is 3.71. The molecule has 2 heterocycles. The van der Waals surface area contributed by atoms with Crippen LogP contribution >= 0.6 is 0 Å². The molecule has 2 N–H and O–H groups in total. The molecule has 1 aromatic heterocycles. The smallest absolute Gasteiger partial charge is 0.324 e. The number of carbonyl (C=O) groups excluding carboxylic acids is 1. The lowest BCUT2D eigenvalue weighted by atomic mass is 10.2. The summed E-state index contributed by atoms with van der Waals surface area (Å²) in [5.41, 5.74) is 8.33. The zero-order valence-corrected chi connectivity index (χ0v) is 16.2. The molecule has 7 heteroatoms. The maximum atomic E-state index is 13.8. The van der Waals surface area contributed by atoms with Crippen molar-refractivity contribution in [3.8, 4) is 11.8 Å². The van der Waals surface area contributed by atoms with Crippen molar-refractivity contribution in [2.45, 2.75) is 6.42 Å². The number of nitrogens with zero attached hydrogens (tertiary/aromatic N) is 4. The predicted octanol–water partition coefficient (Wildman–Crippen LogP) is 2.45. The van der Waals surface area contributed by atoms with Crippen molar-refractivity contribution in [3.05, 3.63) is 59.7 Å². The molecule has 0 unspecified atom stereocenters. The van der Waals surface area contributed by atoms with E-state index in [0.29, 0.717) is 16.9 Å². The lowest BCUT2D eigenvalue weighted by Gasteiger charge is -2.34. The van der Waals surface area contributed by atoms with E-state index in [-0.39, 0.29) is 12.2 Å². The molecule has 1 fully saturated rings. The molecule has 1 saturated heterocycles. The Hall–Kier alpha value is -3.37. The van der Waals surface area contributed by atoms with Gasteiger partial charge in [-0.25, -0.2) is 18.7 Å². The highest BCUT2D eigenvalue weighted by molar-refractivity contribution is 5.96. The summed E-state index contributed by atoms with van der Waals surface area (Å²) < 4.78 is 15.2. The second kappa shape index (κ2) is 7.94. The number of likely N-dealkylation sites (N-methyl/N-ethyl adjacent to an activating group) is 1. The van der Waals surface area contributed by atoms with E-state index in [0.717, 1.165) is 37.4 Å². The number of para-hydroxylation sites is 1. The van der Waals surface area contributed by atoms with Crippen LogP contribution < -0.4 is 10.6 Å². The summed E-state index contributed by atoms with van der Waals surface area (Å²) in [6, 6.07) is 11.5. The maximum absolute atomic E-state index is 13.8. The molecule has 1 amide bonds. The molecule has 148 valence electrons. The summed E-state index contributed by atoms with van der Waals surface area (Å²) in [6.07, 6.45) is 0.189. The van der Waals surface area contributed by atoms with Gasteiger partial charge in [0.15, 0.2) is 0 Å². The van der Waals surface area contributed by atoms with Crippen LogP contribution in [0.25, 0.3) is 11.0 Å². The second-order valence-corrected chi connectivity index (χ2v) is 7.10. The average Bonchev–Trinajstić information content (AvgIpc) is 3.09. The Morgan fingerprint density at radius 3 is 2.62 bits per heavy atom. The summed E-state index contributed by atoms with van der Waals surface area (Å²) in [5, 5.41) is 0. The summed E-state index contributed by atoms with van der Waals surface area (Å²) >= 11 is 0. The number of benzene rings is 2. The van der Waals surface area contributed by atoms with Gasteiger partial charge in [-0.3, -0.25) is 0 Å². The first-order valence-corrected chi connectivity index (χ1v) is 9.51. The Bertz CT molecular complexity index is 1120. The number of carbonyl (C=O) groups is 1. The molecule has 0 bridgehead atoms. The van der Waals surface area contributed by atoms with E-state index < -0.39 is 6.03 Å². The van der Waals surface area contributed by atoms with E-state index >= 15 is 0 Å². The maximum Gasteiger partial charge on any atom is 0.324 e. The lowest BCUT2D eigenvalue weighted by Crippen LogP contribution is -2.44. The fourth-order valence-corrected chi connectivity index (χ4v) is 3.58. The third-order valence-corrected chi connectivity index (χ3v) is 5.14. The number of hydrogen-bond acceptors (Lipinski definition) is 4. The van der Waals surface area contributed by atoms with Crippen molar-refractivity contribution in [1.82, 2.24) is 14.5 Å². The Labute approximate surface area is 168 Å². The third-order valence-electron chi connectivity index (χ3n) is 5.14. The molecule has 0 radical (unpaired) electrons. The van der Waals surface area contributed by atoms with Gasteiger partial charge in [0, 0.05) is 26.2 Å². The fraction of sp³-hybridized carbons (Fsp3) is 0.273. The van der Waals surface area contributed by atoms with Gasteiger partial charge < -0.3 is 15.5 Å².